The van der Waals surface area contributed by atoms with Crippen LogP contribution >= 0.6 is 12.2 Å². The second kappa shape index (κ2) is 6.38. The van der Waals surface area contributed by atoms with E-state index in [9.17, 15) is 4.79 Å². The SMILES string of the molecule is Cc1cccc(NC(=S)NNC(=O)OC(C)(C)C)c1. The zero-order valence-electron chi connectivity index (χ0n) is 11.5. The van der Waals surface area contributed by atoms with Gasteiger partial charge < -0.3 is 10.1 Å². The van der Waals surface area contributed by atoms with Gasteiger partial charge in [0.15, 0.2) is 5.11 Å². The third-order valence-electron chi connectivity index (χ3n) is 1.95. The third kappa shape index (κ3) is 6.61. The number of hydrogen-bond acceptors (Lipinski definition) is 3. The van der Waals surface area contributed by atoms with Crippen LogP contribution in [-0.4, -0.2) is 16.8 Å². The van der Waals surface area contributed by atoms with Crippen molar-refractivity contribution in [1.82, 2.24) is 10.9 Å². The van der Waals surface area contributed by atoms with Gasteiger partial charge >= 0.3 is 6.09 Å². The quantitative estimate of drug-likeness (QED) is 0.546. The molecule has 0 spiro atoms. The molecule has 104 valence electrons. The molecule has 19 heavy (non-hydrogen) atoms. The molecule has 1 aromatic rings. The van der Waals surface area contributed by atoms with Crippen molar-refractivity contribution in [3.8, 4) is 0 Å². The molecular weight excluding hydrogens is 262 g/mol. The van der Waals surface area contributed by atoms with Crippen LogP contribution in [0.5, 0.6) is 0 Å². The van der Waals surface area contributed by atoms with E-state index in [0.717, 1.165) is 11.3 Å². The normalized spacial score (nSPS) is 10.5. The molecule has 0 heterocycles. The molecule has 0 radical (unpaired) electrons. The van der Waals surface area contributed by atoms with Crippen molar-refractivity contribution < 1.29 is 9.53 Å². The number of hydrogen-bond donors (Lipinski definition) is 3. The van der Waals surface area contributed by atoms with E-state index in [1.807, 2.05) is 31.2 Å². The average molecular weight is 281 g/mol. The summed E-state index contributed by atoms with van der Waals surface area (Å²) in [6, 6.07) is 7.73. The summed E-state index contributed by atoms with van der Waals surface area (Å²) in [5, 5.41) is 3.24. The molecule has 0 fully saturated rings. The Kier molecular flexibility index (Phi) is 5.11. The largest absolute Gasteiger partial charge is 0.443 e. The number of nitrogens with one attached hydrogen (secondary N) is 3. The molecular formula is C13H19N3O2S. The Bertz CT molecular complexity index is 469. The molecule has 0 aliphatic carbocycles. The summed E-state index contributed by atoms with van der Waals surface area (Å²) in [6.45, 7) is 7.35. The second-order valence-corrected chi connectivity index (χ2v) is 5.48. The number of carbonyl (C=O) groups excluding carboxylic acids is 1. The van der Waals surface area contributed by atoms with Gasteiger partial charge in [-0.1, -0.05) is 12.1 Å². The number of rotatable bonds is 1. The molecule has 0 aromatic heterocycles. The van der Waals surface area contributed by atoms with Crippen molar-refractivity contribution in [2.24, 2.45) is 0 Å². The summed E-state index contributed by atoms with van der Waals surface area (Å²) < 4.78 is 5.06. The first-order valence-electron chi connectivity index (χ1n) is 5.89. The fourth-order valence-corrected chi connectivity index (χ4v) is 1.47. The molecule has 1 aromatic carbocycles. The van der Waals surface area contributed by atoms with Crippen LogP contribution in [0.4, 0.5) is 10.5 Å². The van der Waals surface area contributed by atoms with Crippen LogP contribution in [0.25, 0.3) is 0 Å². The molecule has 0 saturated heterocycles. The van der Waals surface area contributed by atoms with E-state index in [0.29, 0.717) is 0 Å². The summed E-state index contributed by atoms with van der Waals surface area (Å²) >= 11 is 5.05. The van der Waals surface area contributed by atoms with Crippen molar-refractivity contribution in [3.05, 3.63) is 29.8 Å². The van der Waals surface area contributed by atoms with Crippen LogP contribution in [0.2, 0.25) is 0 Å². The number of aryl methyl sites for hydroxylation is 1. The summed E-state index contributed by atoms with van der Waals surface area (Å²) in [5.41, 5.74) is 6.35. The first-order valence-corrected chi connectivity index (χ1v) is 6.30. The van der Waals surface area contributed by atoms with Crippen LogP contribution in [0, 0.1) is 6.92 Å². The van der Waals surface area contributed by atoms with E-state index < -0.39 is 11.7 Å². The third-order valence-corrected chi connectivity index (χ3v) is 2.16. The zero-order chi connectivity index (χ0) is 14.5. The van der Waals surface area contributed by atoms with Crippen molar-refractivity contribution in [1.29, 1.82) is 0 Å². The maximum atomic E-state index is 11.4. The molecule has 1 amide bonds. The van der Waals surface area contributed by atoms with E-state index in [1.165, 1.54) is 0 Å². The highest BCUT2D eigenvalue weighted by Gasteiger charge is 2.15. The molecule has 3 N–H and O–H groups in total. The summed E-state index contributed by atoms with van der Waals surface area (Å²) in [5.74, 6) is 0. The van der Waals surface area contributed by atoms with Crippen molar-refractivity contribution >= 4 is 29.1 Å². The number of amides is 1. The topological polar surface area (TPSA) is 62.4 Å². The number of anilines is 1. The number of carbonyl (C=O) groups is 1. The molecule has 1 rings (SSSR count). The Labute approximate surface area is 118 Å². The van der Waals surface area contributed by atoms with Gasteiger partial charge in [-0.05, 0) is 57.6 Å². The number of thiocarbonyl (C=S) groups is 1. The van der Waals surface area contributed by atoms with Crippen LogP contribution in [0.3, 0.4) is 0 Å². The maximum Gasteiger partial charge on any atom is 0.426 e. The van der Waals surface area contributed by atoms with Crippen LogP contribution in [0.15, 0.2) is 24.3 Å². The van der Waals surface area contributed by atoms with Crippen LogP contribution in [-0.2, 0) is 4.74 Å². The highest BCUT2D eigenvalue weighted by Crippen LogP contribution is 2.09. The summed E-state index contributed by atoms with van der Waals surface area (Å²) in [4.78, 5) is 11.4. The fraction of sp³-hybridized carbons (Fsp3) is 0.385. The smallest absolute Gasteiger partial charge is 0.426 e. The van der Waals surface area contributed by atoms with E-state index in [4.69, 9.17) is 17.0 Å². The van der Waals surface area contributed by atoms with Gasteiger partial charge in [0.25, 0.3) is 0 Å². The van der Waals surface area contributed by atoms with Gasteiger partial charge in [-0.15, -0.1) is 0 Å². The van der Waals surface area contributed by atoms with E-state index in [1.54, 1.807) is 20.8 Å². The van der Waals surface area contributed by atoms with Gasteiger partial charge in [-0.25, -0.2) is 10.2 Å². The number of ether oxygens (including phenoxy) is 1. The van der Waals surface area contributed by atoms with Crippen LogP contribution in [0.1, 0.15) is 26.3 Å². The van der Waals surface area contributed by atoms with Gasteiger partial charge in [0.05, 0.1) is 0 Å². The maximum absolute atomic E-state index is 11.4. The predicted molar refractivity (Wildman–Crippen MR) is 79.9 cm³/mol. The highest BCUT2D eigenvalue weighted by molar-refractivity contribution is 7.80. The highest BCUT2D eigenvalue weighted by atomic mass is 32.1. The lowest BCUT2D eigenvalue weighted by Gasteiger charge is -2.20. The number of hydrazine groups is 1. The minimum atomic E-state index is -0.583. The molecule has 0 bridgehead atoms. The van der Waals surface area contributed by atoms with Crippen LogP contribution < -0.4 is 16.2 Å². The molecule has 5 nitrogen and oxygen atoms in total. The van der Waals surface area contributed by atoms with Crippen molar-refractivity contribution in [2.45, 2.75) is 33.3 Å². The van der Waals surface area contributed by atoms with Crippen molar-refractivity contribution in [2.75, 3.05) is 5.32 Å². The summed E-state index contributed by atoms with van der Waals surface area (Å²) in [6.07, 6.45) is -0.583. The Balaban J connectivity index is 2.38. The summed E-state index contributed by atoms with van der Waals surface area (Å²) in [7, 11) is 0. The molecule has 0 unspecified atom stereocenters. The van der Waals surface area contributed by atoms with E-state index in [2.05, 4.69) is 16.2 Å². The molecule has 0 atom stereocenters. The Morgan fingerprint density at radius 2 is 1.95 bits per heavy atom. The van der Waals surface area contributed by atoms with E-state index >= 15 is 0 Å². The lowest BCUT2D eigenvalue weighted by atomic mass is 10.2. The fourth-order valence-electron chi connectivity index (χ4n) is 1.30. The molecule has 0 saturated carbocycles. The van der Waals surface area contributed by atoms with Gasteiger partial charge in [-0.2, -0.15) is 0 Å². The lowest BCUT2D eigenvalue weighted by Crippen LogP contribution is -2.45. The first-order chi connectivity index (χ1) is 8.76. The standard InChI is InChI=1S/C13H19N3O2S/c1-9-6-5-7-10(8-9)14-11(19)15-16-12(17)18-13(2,3)4/h5-8H,1-4H3,(H,16,17)(H2,14,15,19). The zero-order valence-corrected chi connectivity index (χ0v) is 12.4. The molecule has 0 aliphatic rings. The molecule has 0 aliphatic heterocycles. The number of benzene rings is 1. The second-order valence-electron chi connectivity index (χ2n) is 5.08. The predicted octanol–water partition coefficient (Wildman–Crippen LogP) is 2.72. The Hall–Kier alpha value is -1.82. The lowest BCUT2D eigenvalue weighted by molar-refractivity contribution is 0.0513. The Morgan fingerprint density at radius 1 is 1.26 bits per heavy atom. The average Bonchev–Trinajstić information content (AvgIpc) is 2.24. The monoisotopic (exact) mass is 281 g/mol. The minimum absolute atomic E-state index is 0.288. The van der Waals surface area contributed by atoms with Gasteiger partial charge in [0.1, 0.15) is 5.60 Å². The minimum Gasteiger partial charge on any atom is -0.443 e. The van der Waals surface area contributed by atoms with Gasteiger partial charge in [0.2, 0.25) is 0 Å². The Morgan fingerprint density at radius 3 is 2.53 bits per heavy atom. The van der Waals surface area contributed by atoms with Crippen molar-refractivity contribution in [3.63, 3.8) is 0 Å². The van der Waals surface area contributed by atoms with Gasteiger partial charge in [-0.3, -0.25) is 5.43 Å². The molecule has 6 heteroatoms. The van der Waals surface area contributed by atoms with E-state index in [-0.39, 0.29) is 5.11 Å². The first kappa shape index (κ1) is 15.2. The van der Waals surface area contributed by atoms with Gasteiger partial charge in [0, 0.05) is 5.69 Å².